The molecule has 0 saturated heterocycles. The number of aromatic nitrogens is 1. The Morgan fingerprint density at radius 2 is 2.00 bits per heavy atom. The summed E-state index contributed by atoms with van der Waals surface area (Å²) in [6.45, 7) is 5.54. The lowest BCUT2D eigenvalue weighted by Gasteiger charge is -2.20. The predicted octanol–water partition coefficient (Wildman–Crippen LogP) is 4.04. The van der Waals surface area contributed by atoms with E-state index in [0.29, 0.717) is 5.75 Å². The number of carbonyl (C=O) groups excluding carboxylic acids is 1. The predicted molar refractivity (Wildman–Crippen MR) is 82.8 cm³/mol. The summed E-state index contributed by atoms with van der Waals surface area (Å²) in [5.74, 6) is 0.659. The van der Waals surface area contributed by atoms with E-state index in [2.05, 4.69) is 22.6 Å². The molecule has 0 bridgehead atoms. The maximum Gasteiger partial charge on any atom is 0.419 e. The fourth-order valence-corrected chi connectivity index (χ4v) is 2.54. The second-order valence-corrected chi connectivity index (χ2v) is 6.35. The summed E-state index contributed by atoms with van der Waals surface area (Å²) in [4.78, 5) is 12.2. The standard InChI is InChI=1S/C14H16INO3/c1-14(2,3)19-13(17)16-8-10(15)9-6-5-7-11(18-4)12(9)16/h5-8H,1-4H3. The van der Waals surface area contributed by atoms with Crippen molar-refractivity contribution in [2.75, 3.05) is 7.11 Å². The molecular formula is C14H16INO3. The third kappa shape index (κ3) is 2.86. The molecule has 1 aromatic carbocycles. The van der Waals surface area contributed by atoms with Gasteiger partial charge in [0.05, 0.1) is 7.11 Å². The number of carbonyl (C=O) groups is 1. The Hall–Kier alpha value is -1.24. The molecule has 2 rings (SSSR count). The number of nitrogens with zero attached hydrogens (tertiary/aromatic N) is 1. The maximum atomic E-state index is 12.2. The Labute approximate surface area is 125 Å². The average molecular weight is 373 g/mol. The number of hydrogen-bond donors (Lipinski definition) is 0. The smallest absolute Gasteiger partial charge is 0.419 e. The molecule has 0 fully saturated rings. The van der Waals surface area contributed by atoms with Crippen LogP contribution < -0.4 is 4.74 Å². The number of para-hydroxylation sites is 1. The maximum absolute atomic E-state index is 12.2. The Bertz CT molecular complexity index is 625. The van der Waals surface area contributed by atoms with E-state index in [4.69, 9.17) is 9.47 Å². The topological polar surface area (TPSA) is 40.5 Å². The van der Waals surface area contributed by atoms with Gasteiger partial charge in [-0.15, -0.1) is 0 Å². The first kappa shape index (κ1) is 14.2. The largest absolute Gasteiger partial charge is 0.495 e. The molecule has 0 spiro atoms. The Balaban J connectivity index is 2.58. The SMILES string of the molecule is COc1cccc2c(I)cn(C(=O)OC(C)(C)C)c12. The van der Waals surface area contributed by atoms with Crippen LogP contribution in [-0.4, -0.2) is 23.4 Å². The lowest BCUT2D eigenvalue weighted by Crippen LogP contribution is -2.26. The molecule has 5 heteroatoms. The van der Waals surface area contributed by atoms with Gasteiger partial charge < -0.3 is 9.47 Å². The summed E-state index contributed by atoms with van der Waals surface area (Å²) in [6.07, 6.45) is 1.37. The van der Waals surface area contributed by atoms with E-state index >= 15 is 0 Å². The minimum Gasteiger partial charge on any atom is -0.495 e. The molecule has 4 nitrogen and oxygen atoms in total. The molecule has 0 unspecified atom stereocenters. The molecule has 1 heterocycles. The van der Waals surface area contributed by atoms with E-state index in [1.54, 1.807) is 13.3 Å². The summed E-state index contributed by atoms with van der Waals surface area (Å²) in [5.41, 5.74) is 0.213. The third-order valence-electron chi connectivity index (χ3n) is 2.55. The highest BCUT2D eigenvalue weighted by atomic mass is 127. The first-order valence-corrected chi connectivity index (χ1v) is 6.98. The van der Waals surface area contributed by atoms with Crippen LogP contribution in [0.4, 0.5) is 4.79 Å². The molecule has 0 saturated carbocycles. The minimum absolute atomic E-state index is 0.398. The van der Waals surface area contributed by atoms with Gasteiger partial charge in [0.15, 0.2) is 0 Å². The van der Waals surface area contributed by atoms with Crippen molar-refractivity contribution in [3.05, 3.63) is 28.0 Å². The molecule has 0 amide bonds. The fourth-order valence-electron chi connectivity index (χ4n) is 1.83. The van der Waals surface area contributed by atoms with Gasteiger partial charge in [0.25, 0.3) is 0 Å². The van der Waals surface area contributed by atoms with Crippen molar-refractivity contribution < 1.29 is 14.3 Å². The van der Waals surface area contributed by atoms with Gasteiger partial charge in [0.1, 0.15) is 16.9 Å². The zero-order valence-corrected chi connectivity index (χ0v) is 13.5. The lowest BCUT2D eigenvalue weighted by molar-refractivity contribution is 0.0543. The molecule has 102 valence electrons. The Morgan fingerprint density at radius 1 is 1.32 bits per heavy atom. The molecule has 0 aliphatic carbocycles. The second-order valence-electron chi connectivity index (χ2n) is 5.18. The normalized spacial score (nSPS) is 11.6. The quantitative estimate of drug-likeness (QED) is 0.709. The Morgan fingerprint density at radius 3 is 2.58 bits per heavy atom. The number of hydrogen-bond acceptors (Lipinski definition) is 3. The van der Waals surface area contributed by atoms with E-state index in [9.17, 15) is 4.79 Å². The minimum atomic E-state index is -0.527. The van der Waals surface area contributed by atoms with Gasteiger partial charge in [-0.05, 0) is 49.4 Å². The molecule has 0 radical (unpaired) electrons. The molecule has 0 aliphatic heterocycles. The third-order valence-corrected chi connectivity index (χ3v) is 3.41. The van der Waals surface area contributed by atoms with Crippen LogP contribution in [0.2, 0.25) is 0 Å². The van der Waals surface area contributed by atoms with Crippen molar-refractivity contribution in [3.8, 4) is 5.75 Å². The van der Waals surface area contributed by atoms with E-state index in [1.165, 1.54) is 4.57 Å². The summed E-state index contributed by atoms with van der Waals surface area (Å²) >= 11 is 2.20. The molecule has 0 atom stereocenters. The highest BCUT2D eigenvalue weighted by Gasteiger charge is 2.21. The summed E-state index contributed by atoms with van der Waals surface area (Å²) < 4.78 is 13.2. The first-order valence-electron chi connectivity index (χ1n) is 5.90. The average Bonchev–Trinajstić information content (AvgIpc) is 2.65. The van der Waals surface area contributed by atoms with E-state index < -0.39 is 11.7 Å². The van der Waals surface area contributed by atoms with Gasteiger partial charge in [-0.1, -0.05) is 12.1 Å². The number of methoxy groups -OCH3 is 1. The van der Waals surface area contributed by atoms with Crippen LogP contribution in [0.5, 0.6) is 5.75 Å². The van der Waals surface area contributed by atoms with Crippen molar-refractivity contribution in [2.45, 2.75) is 26.4 Å². The highest BCUT2D eigenvalue weighted by Crippen LogP contribution is 2.31. The van der Waals surface area contributed by atoms with Gasteiger partial charge >= 0.3 is 6.09 Å². The Kier molecular flexibility index (Phi) is 3.75. The number of halogens is 1. The van der Waals surface area contributed by atoms with Gasteiger partial charge in [-0.3, -0.25) is 0 Å². The fraction of sp³-hybridized carbons (Fsp3) is 0.357. The monoisotopic (exact) mass is 373 g/mol. The molecule has 0 N–H and O–H groups in total. The van der Waals surface area contributed by atoms with Crippen molar-refractivity contribution >= 4 is 39.6 Å². The van der Waals surface area contributed by atoms with Crippen LogP contribution in [0.25, 0.3) is 10.9 Å². The molecule has 2 aromatic rings. The number of fused-ring (bicyclic) bond motifs is 1. The molecular weight excluding hydrogens is 357 g/mol. The first-order chi connectivity index (χ1) is 8.83. The van der Waals surface area contributed by atoms with Crippen LogP contribution in [-0.2, 0) is 4.74 Å². The van der Waals surface area contributed by atoms with Gasteiger partial charge in [0.2, 0.25) is 0 Å². The zero-order chi connectivity index (χ0) is 14.2. The van der Waals surface area contributed by atoms with Crippen LogP contribution >= 0.6 is 22.6 Å². The lowest BCUT2D eigenvalue weighted by atomic mass is 10.2. The van der Waals surface area contributed by atoms with Gasteiger partial charge in [0, 0.05) is 15.2 Å². The number of rotatable bonds is 1. The van der Waals surface area contributed by atoms with Crippen molar-refractivity contribution in [1.29, 1.82) is 0 Å². The van der Waals surface area contributed by atoms with Crippen LogP contribution in [0.3, 0.4) is 0 Å². The van der Waals surface area contributed by atoms with E-state index in [1.807, 2.05) is 39.0 Å². The van der Waals surface area contributed by atoms with Crippen molar-refractivity contribution in [1.82, 2.24) is 4.57 Å². The van der Waals surface area contributed by atoms with Crippen LogP contribution in [0, 0.1) is 3.57 Å². The number of benzene rings is 1. The zero-order valence-electron chi connectivity index (χ0n) is 11.4. The molecule has 1 aromatic heterocycles. The second kappa shape index (κ2) is 5.03. The van der Waals surface area contributed by atoms with Crippen molar-refractivity contribution in [3.63, 3.8) is 0 Å². The van der Waals surface area contributed by atoms with E-state index in [-0.39, 0.29) is 0 Å². The molecule has 0 aliphatic rings. The summed E-state index contributed by atoms with van der Waals surface area (Å²) in [5, 5.41) is 0.978. The van der Waals surface area contributed by atoms with Gasteiger partial charge in [-0.25, -0.2) is 9.36 Å². The summed E-state index contributed by atoms with van der Waals surface area (Å²) in [6, 6.07) is 5.70. The molecule has 19 heavy (non-hydrogen) atoms. The summed E-state index contributed by atoms with van der Waals surface area (Å²) in [7, 11) is 1.59. The van der Waals surface area contributed by atoms with Crippen LogP contribution in [0.1, 0.15) is 20.8 Å². The van der Waals surface area contributed by atoms with E-state index in [0.717, 1.165) is 14.5 Å². The van der Waals surface area contributed by atoms with Crippen LogP contribution in [0.15, 0.2) is 24.4 Å². The van der Waals surface area contributed by atoms with Gasteiger partial charge in [-0.2, -0.15) is 0 Å². The van der Waals surface area contributed by atoms with Crippen molar-refractivity contribution in [2.24, 2.45) is 0 Å². The number of ether oxygens (including phenoxy) is 2. The highest BCUT2D eigenvalue weighted by molar-refractivity contribution is 14.1.